The van der Waals surface area contributed by atoms with Crippen molar-refractivity contribution in [3.05, 3.63) is 47.5 Å². The number of pyridine rings is 1. The SMILES string of the molecule is CN(C)CC(=O)C[C@@H]1CCCN(c2ccc(C(N)=O)c(Nc3ccc(C(=O)N4CCOCC4)cc3)n2)C1. The summed E-state index contributed by atoms with van der Waals surface area (Å²) in [6, 6.07) is 10.6. The molecule has 3 N–H and O–H groups in total. The Hall–Kier alpha value is -3.50. The Labute approximate surface area is 217 Å². The monoisotopic (exact) mass is 508 g/mol. The van der Waals surface area contributed by atoms with Crippen LogP contribution in [0.3, 0.4) is 0 Å². The average molecular weight is 509 g/mol. The zero-order valence-corrected chi connectivity index (χ0v) is 21.6. The number of aromatic nitrogens is 1. The summed E-state index contributed by atoms with van der Waals surface area (Å²) in [5, 5.41) is 3.20. The van der Waals surface area contributed by atoms with Crippen LogP contribution < -0.4 is 16.0 Å². The van der Waals surface area contributed by atoms with Crippen LogP contribution in [0, 0.1) is 5.92 Å². The number of benzene rings is 1. The number of carbonyl (C=O) groups is 3. The highest BCUT2D eigenvalue weighted by Crippen LogP contribution is 2.28. The van der Waals surface area contributed by atoms with E-state index in [9.17, 15) is 14.4 Å². The minimum absolute atomic E-state index is 0.0310. The number of piperidine rings is 1. The molecule has 2 saturated heterocycles. The van der Waals surface area contributed by atoms with Crippen molar-refractivity contribution in [2.45, 2.75) is 19.3 Å². The predicted octanol–water partition coefficient (Wildman–Crippen LogP) is 2.13. The fraction of sp³-hybridized carbons (Fsp3) is 0.481. The van der Waals surface area contributed by atoms with E-state index in [4.69, 9.17) is 15.5 Å². The summed E-state index contributed by atoms with van der Waals surface area (Å²) in [7, 11) is 3.80. The minimum Gasteiger partial charge on any atom is -0.378 e. The number of nitrogens with zero attached hydrogens (tertiary/aromatic N) is 4. The number of hydrogen-bond donors (Lipinski definition) is 2. The summed E-state index contributed by atoms with van der Waals surface area (Å²) < 4.78 is 5.32. The van der Waals surface area contributed by atoms with Gasteiger partial charge in [-0.05, 0) is 69.3 Å². The van der Waals surface area contributed by atoms with E-state index in [0.29, 0.717) is 56.3 Å². The fourth-order valence-corrected chi connectivity index (χ4v) is 4.88. The third-order valence-corrected chi connectivity index (χ3v) is 6.69. The van der Waals surface area contributed by atoms with Crippen LogP contribution in [0.4, 0.5) is 17.3 Å². The number of ketones is 1. The van der Waals surface area contributed by atoms with E-state index in [1.165, 1.54) is 0 Å². The van der Waals surface area contributed by atoms with Crippen molar-refractivity contribution in [2.75, 3.05) is 70.2 Å². The summed E-state index contributed by atoms with van der Waals surface area (Å²) in [5.41, 5.74) is 7.19. The van der Waals surface area contributed by atoms with Crippen LogP contribution in [0.2, 0.25) is 0 Å². The summed E-state index contributed by atoms with van der Waals surface area (Å²) in [4.78, 5) is 47.7. The number of rotatable bonds is 9. The minimum atomic E-state index is -0.577. The molecule has 1 aromatic carbocycles. The van der Waals surface area contributed by atoms with Crippen molar-refractivity contribution in [2.24, 2.45) is 11.7 Å². The van der Waals surface area contributed by atoms with Crippen LogP contribution in [-0.4, -0.2) is 92.4 Å². The molecule has 1 atom stereocenters. The number of likely N-dealkylation sites (N-methyl/N-ethyl adjacent to an activating group) is 1. The molecule has 2 fully saturated rings. The summed E-state index contributed by atoms with van der Waals surface area (Å²) in [5.74, 6) is 1.00. The van der Waals surface area contributed by atoms with Gasteiger partial charge in [0.2, 0.25) is 0 Å². The number of nitrogens with one attached hydrogen (secondary N) is 1. The van der Waals surface area contributed by atoms with Gasteiger partial charge in [-0.3, -0.25) is 14.4 Å². The molecule has 2 aromatic rings. The van der Waals surface area contributed by atoms with Crippen LogP contribution in [0.15, 0.2) is 36.4 Å². The number of hydrogen-bond acceptors (Lipinski definition) is 8. The molecule has 2 aliphatic rings. The van der Waals surface area contributed by atoms with Gasteiger partial charge >= 0.3 is 0 Å². The van der Waals surface area contributed by atoms with E-state index >= 15 is 0 Å². The van der Waals surface area contributed by atoms with Crippen molar-refractivity contribution in [3.63, 3.8) is 0 Å². The topological polar surface area (TPSA) is 121 Å². The third kappa shape index (κ3) is 7.05. The van der Waals surface area contributed by atoms with E-state index in [1.807, 2.05) is 19.0 Å². The van der Waals surface area contributed by atoms with Gasteiger partial charge in [0, 0.05) is 43.9 Å². The molecule has 2 aliphatic heterocycles. The molecule has 10 heteroatoms. The van der Waals surface area contributed by atoms with Crippen LogP contribution >= 0.6 is 0 Å². The van der Waals surface area contributed by atoms with Crippen molar-refractivity contribution in [3.8, 4) is 0 Å². The van der Waals surface area contributed by atoms with Gasteiger partial charge in [0.1, 0.15) is 17.4 Å². The van der Waals surface area contributed by atoms with Gasteiger partial charge in [-0.2, -0.15) is 0 Å². The van der Waals surface area contributed by atoms with E-state index < -0.39 is 5.91 Å². The molecule has 4 rings (SSSR count). The fourth-order valence-electron chi connectivity index (χ4n) is 4.88. The summed E-state index contributed by atoms with van der Waals surface area (Å²) >= 11 is 0. The molecule has 37 heavy (non-hydrogen) atoms. The predicted molar refractivity (Wildman–Crippen MR) is 142 cm³/mol. The Morgan fingerprint density at radius 3 is 2.49 bits per heavy atom. The van der Waals surface area contributed by atoms with Gasteiger partial charge < -0.3 is 30.5 Å². The molecular formula is C27H36N6O4. The molecule has 10 nitrogen and oxygen atoms in total. The van der Waals surface area contributed by atoms with Crippen molar-refractivity contribution in [1.29, 1.82) is 0 Å². The number of primary amides is 1. The second kappa shape index (κ2) is 12.2. The Balaban J connectivity index is 1.47. The number of anilines is 3. The molecule has 2 amide bonds. The number of ether oxygens (including phenoxy) is 1. The molecule has 0 bridgehead atoms. The van der Waals surface area contributed by atoms with Gasteiger partial charge in [0.25, 0.3) is 11.8 Å². The maximum Gasteiger partial charge on any atom is 0.254 e. The van der Waals surface area contributed by atoms with Crippen molar-refractivity contribution >= 4 is 34.9 Å². The molecule has 0 saturated carbocycles. The lowest BCUT2D eigenvalue weighted by atomic mass is 9.92. The first-order chi connectivity index (χ1) is 17.8. The molecule has 0 spiro atoms. The first kappa shape index (κ1) is 26.6. The zero-order valence-electron chi connectivity index (χ0n) is 21.6. The number of nitrogens with two attached hydrogens (primary N) is 1. The summed E-state index contributed by atoms with van der Waals surface area (Å²) in [6.07, 6.45) is 2.53. The Morgan fingerprint density at radius 2 is 1.81 bits per heavy atom. The van der Waals surface area contributed by atoms with Gasteiger partial charge in [0.15, 0.2) is 0 Å². The molecule has 0 aliphatic carbocycles. The van der Waals surface area contributed by atoms with Crippen LogP contribution in [0.1, 0.15) is 40.0 Å². The van der Waals surface area contributed by atoms with Crippen LogP contribution in [-0.2, 0) is 9.53 Å². The van der Waals surface area contributed by atoms with E-state index in [0.717, 1.165) is 31.7 Å². The molecular weight excluding hydrogens is 472 g/mol. The highest BCUT2D eigenvalue weighted by atomic mass is 16.5. The number of morpholine rings is 1. The Kier molecular flexibility index (Phi) is 8.73. The smallest absolute Gasteiger partial charge is 0.254 e. The third-order valence-electron chi connectivity index (χ3n) is 6.69. The highest BCUT2D eigenvalue weighted by Gasteiger charge is 2.24. The Morgan fingerprint density at radius 1 is 1.08 bits per heavy atom. The van der Waals surface area contributed by atoms with Gasteiger partial charge in [-0.1, -0.05) is 0 Å². The molecule has 3 heterocycles. The van der Waals surface area contributed by atoms with Crippen molar-refractivity contribution in [1.82, 2.24) is 14.8 Å². The highest BCUT2D eigenvalue weighted by molar-refractivity contribution is 5.99. The standard InChI is InChI=1S/C27H36N6O4/c1-31(2)18-22(34)16-19-4-3-11-33(17-19)24-10-9-23(25(28)35)26(30-24)29-21-7-5-20(6-8-21)27(36)32-12-14-37-15-13-32/h5-10,19H,3-4,11-18H2,1-2H3,(H2,28,35)(H,29,30)/t19-/m0/s1. The quantitative estimate of drug-likeness (QED) is 0.529. The maximum atomic E-state index is 12.7. The van der Waals surface area contributed by atoms with Gasteiger partial charge in [-0.15, -0.1) is 0 Å². The van der Waals surface area contributed by atoms with Gasteiger partial charge in [0.05, 0.1) is 25.3 Å². The average Bonchev–Trinajstić information content (AvgIpc) is 2.88. The second-order valence-electron chi connectivity index (χ2n) is 9.97. The zero-order chi connectivity index (χ0) is 26.4. The van der Waals surface area contributed by atoms with E-state index in [2.05, 4.69) is 10.2 Å². The number of amides is 2. The van der Waals surface area contributed by atoms with Crippen LogP contribution in [0.25, 0.3) is 0 Å². The molecule has 0 radical (unpaired) electrons. The molecule has 0 unspecified atom stereocenters. The lowest BCUT2D eigenvalue weighted by Gasteiger charge is -2.34. The largest absolute Gasteiger partial charge is 0.378 e. The molecule has 198 valence electrons. The lowest BCUT2D eigenvalue weighted by Crippen LogP contribution is -2.40. The normalized spacial score (nSPS) is 18.1. The van der Waals surface area contributed by atoms with Crippen molar-refractivity contribution < 1.29 is 19.1 Å². The summed E-state index contributed by atoms with van der Waals surface area (Å²) in [6.45, 7) is 4.28. The number of carbonyl (C=O) groups excluding carboxylic acids is 3. The van der Waals surface area contributed by atoms with E-state index in [-0.39, 0.29) is 23.2 Å². The van der Waals surface area contributed by atoms with Crippen LogP contribution in [0.5, 0.6) is 0 Å². The van der Waals surface area contributed by atoms with E-state index in [1.54, 1.807) is 41.3 Å². The maximum absolute atomic E-state index is 12.7. The first-order valence-electron chi connectivity index (χ1n) is 12.8. The lowest BCUT2D eigenvalue weighted by molar-refractivity contribution is -0.120. The first-order valence-corrected chi connectivity index (χ1v) is 12.8. The molecule has 1 aromatic heterocycles. The second-order valence-corrected chi connectivity index (χ2v) is 9.97. The van der Waals surface area contributed by atoms with Gasteiger partial charge in [-0.25, -0.2) is 4.98 Å². The number of Topliss-reactive ketones (excluding diaryl/α,β-unsaturated/α-hetero) is 1. The Bertz CT molecular complexity index is 1110.